The largest absolute Gasteiger partial charge is 0.486 e. The minimum atomic E-state index is 0.139. The van der Waals surface area contributed by atoms with Gasteiger partial charge >= 0.3 is 0 Å². The summed E-state index contributed by atoms with van der Waals surface area (Å²) in [5, 5.41) is 0. The third kappa shape index (κ3) is 2.90. The van der Waals surface area contributed by atoms with Crippen LogP contribution in [0.1, 0.15) is 12.0 Å². The van der Waals surface area contributed by atoms with E-state index in [1.165, 1.54) is 0 Å². The summed E-state index contributed by atoms with van der Waals surface area (Å²) in [5.74, 6) is 1.71. The lowest BCUT2D eigenvalue weighted by Gasteiger charge is -2.19. The quantitative estimate of drug-likeness (QED) is 0.796. The van der Waals surface area contributed by atoms with Gasteiger partial charge in [0, 0.05) is 20.5 Å². The molecule has 0 aliphatic carbocycles. The van der Waals surface area contributed by atoms with Crippen molar-refractivity contribution in [1.82, 2.24) is 4.90 Å². The van der Waals surface area contributed by atoms with Crippen molar-refractivity contribution in [2.75, 3.05) is 27.3 Å². The van der Waals surface area contributed by atoms with Crippen molar-refractivity contribution in [2.45, 2.75) is 12.8 Å². The van der Waals surface area contributed by atoms with Crippen LogP contribution in [0.25, 0.3) is 0 Å². The molecule has 4 heteroatoms. The van der Waals surface area contributed by atoms with Crippen molar-refractivity contribution in [3.05, 3.63) is 23.8 Å². The molecule has 0 bridgehead atoms. The average molecular weight is 235 g/mol. The molecule has 2 rings (SSSR count). The lowest BCUT2D eigenvalue weighted by atomic mass is 10.1. The number of nitrogens with zero attached hydrogens (tertiary/aromatic N) is 1. The molecule has 0 saturated carbocycles. The molecule has 0 aromatic heterocycles. The highest BCUT2D eigenvalue weighted by atomic mass is 16.6. The van der Waals surface area contributed by atoms with Crippen molar-refractivity contribution in [3.63, 3.8) is 0 Å². The predicted molar refractivity (Wildman–Crippen MR) is 64.4 cm³/mol. The predicted octanol–water partition coefficient (Wildman–Crippen LogP) is 1.48. The number of hydrogen-bond acceptors (Lipinski definition) is 3. The summed E-state index contributed by atoms with van der Waals surface area (Å²) in [7, 11) is 3.54. The Kier molecular flexibility index (Phi) is 3.52. The Hall–Kier alpha value is -1.71. The van der Waals surface area contributed by atoms with Crippen molar-refractivity contribution in [2.24, 2.45) is 0 Å². The van der Waals surface area contributed by atoms with Crippen LogP contribution in [0.3, 0.4) is 0 Å². The van der Waals surface area contributed by atoms with E-state index < -0.39 is 0 Å². The zero-order valence-electron chi connectivity index (χ0n) is 10.2. The number of hydrogen-bond donors (Lipinski definition) is 0. The molecular formula is C13H17NO3. The molecule has 1 aromatic rings. The van der Waals surface area contributed by atoms with Gasteiger partial charge in [-0.15, -0.1) is 0 Å². The van der Waals surface area contributed by atoms with Gasteiger partial charge in [0.25, 0.3) is 0 Å². The molecule has 0 radical (unpaired) electrons. The van der Waals surface area contributed by atoms with Crippen molar-refractivity contribution < 1.29 is 14.3 Å². The van der Waals surface area contributed by atoms with Crippen LogP contribution in [0.2, 0.25) is 0 Å². The first-order valence-corrected chi connectivity index (χ1v) is 5.75. The van der Waals surface area contributed by atoms with E-state index in [2.05, 4.69) is 0 Å². The molecule has 1 amide bonds. The van der Waals surface area contributed by atoms with Gasteiger partial charge in [-0.2, -0.15) is 0 Å². The first-order chi connectivity index (χ1) is 8.16. The lowest BCUT2D eigenvalue weighted by molar-refractivity contribution is -0.128. The van der Waals surface area contributed by atoms with E-state index in [0.29, 0.717) is 19.6 Å². The lowest BCUT2D eigenvalue weighted by Crippen LogP contribution is -2.21. The number of benzene rings is 1. The monoisotopic (exact) mass is 235 g/mol. The van der Waals surface area contributed by atoms with E-state index in [1.54, 1.807) is 19.0 Å². The first kappa shape index (κ1) is 11.8. The number of rotatable bonds is 3. The fourth-order valence-electron chi connectivity index (χ4n) is 1.72. The minimum absolute atomic E-state index is 0.139. The second kappa shape index (κ2) is 5.08. The van der Waals surface area contributed by atoms with Gasteiger partial charge in [0.2, 0.25) is 5.91 Å². The fourth-order valence-corrected chi connectivity index (χ4v) is 1.72. The summed E-state index contributed by atoms with van der Waals surface area (Å²) in [6.45, 7) is 1.19. The van der Waals surface area contributed by atoms with E-state index in [1.807, 2.05) is 18.2 Å². The van der Waals surface area contributed by atoms with Crippen LogP contribution < -0.4 is 9.47 Å². The van der Waals surface area contributed by atoms with Gasteiger partial charge in [0.15, 0.2) is 11.5 Å². The maximum atomic E-state index is 11.5. The molecule has 0 spiro atoms. The van der Waals surface area contributed by atoms with Crippen molar-refractivity contribution >= 4 is 5.91 Å². The molecule has 4 nitrogen and oxygen atoms in total. The molecule has 0 fully saturated rings. The number of aryl methyl sites for hydroxylation is 1. The van der Waals surface area contributed by atoms with Crippen LogP contribution in [0, 0.1) is 0 Å². The van der Waals surface area contributed by atoms with Gasteiger partial charge in [-0.25, -0.2) is 0 Å². The molecule has 1 aromatic carbocycles. The van der Waals surface area contributed by atoms with Crippen LogP contribution in [-0.2, 0) is 11.2 Å². The van der Waals surface area contributed by atoms with Gasteiger partial charge < -0.3 is 14.4 Å². The summed E-state index contributed by atoms with van der Waals surface area (Å²) in [4.78, 5) is 13.1. The fraction of sp³-hybridized carbons (Fsp3) is 0.462. The molecule has 17 heavy (non-hydrogen) atoms. The normalized spacial score (nSPS) is 13.3. The Morgan fingerprint density at radius 1 is 1.24 bits per heavy atom. The standard InChI is InChI=1S/C13H17NO3/c1-14(2)13(15)6-4-10-3-5-11-12(9-10)17-8-7-16-11/h3,5,9H,4,6-8H2,1-2H3. The Balaban J connectivity index is 2.00. The smallest absolute Gasteiger partial charge is 0.222 e. The van der Waals surface area contributed by atoms with Gasteiger partial charge in [0.05, 0.1) is 0 Å². The van der Waals surface area contributed by atoms with E-state index >= 15 is 0 Å². The molecule has 1 aliphatic heterocycles. The highest BCUT2D eigenvalue weighted by Crippen LogP contribution is 2.31. The minimum Gasteiger partial charge on any atom is -0.486 e. The molecule has 0 saturated heterocycles. The van der Waals surface area contributed by atoms with E-state index in [9.17, 15) is 4.79 Å². The van der Waals surface area contributed by atoms with E-state index in [-0.39, 0.29) is 5.91 Å². The third-order valence-electron chi connectivity index (χ3n) is 2.73. The van der Waals surface area contributed by atoms with Crippen LogP contribution in [0.4, 0.5) is 0 Å². The van der Waals surface area contributed by atoms with Gasteiger partial charge in [-0.3, -0.25) is 4.79 Å². The van der Waals surface area contributed by atoms with Crippen LogP contribution in [0.15, 0.2) is 18.2 Å². The highest BCUT2D eigenvalue weighted by Gasteiger charge is 2.12. The Bertz CT molecular complexity index is 415. The Morgan fingerprint density at radius 2 is 1.94 bits per heavy atom. The number of fused-ring (bicyclic) bond motifs is 1. The zero-order chi connectivity index (χ0) is 12.3. The van der Waals surface area contributed by atoms with Crippen LogP contribution in [0.5, 0.6) is 11.5 Å². The maximum Gasteiger partial charge on any atom is 0.222 e. The highest BCUT2D eigenvalue weighted by molar-refractivity contribution is 5.75. The summed E-state index contributed by atoms with van der Waals surface area (Å²) in [6.07, 6.45) is 1.25. The van der Waals surface area contributed by atoms with Crippen molar-refractivity contribution in [1.29, 1.82) is 0 Å². The first-order valence-electron chi connectivity index (χ1n) is 5.75. The topological polar surface area (TPSA) is 38.8 Å². The molecule has 0 N–H and O–H groups in total. The molecule has 1 aliphatic rings. The van der Waals surface area contributed by atoms with Gasteiger partial charge in [-0.05, 0) is 24.1 Å². The SMILES string of the molecule is CN(C)C(=O)CCc1ccc2c(c1)OCCO2. The maximum absolute atomic E-state index is 11.5. The van der Waals surface area contributed by atoms with Crippen LogP contribution in [-0.4, -0.2) is 38.1 Å². The number of carbonyl (C=O) groups excluding carboxylic acids is 1. The second-order valence-corrected chi connectivity index (χ2v) is 4.27. The number of carbonyl (C=O) groups is 1. The van der Waals surface area contributed by atoms with Gasteiger partial charge in [0.1, 0.15) is 13.2 Å². The summed E-state index contributed by atoms with van der Waals surface area (Å²) in [6, 6.07) is 5.85. The van der Waals surface area contributed by atoms with E-state index in [0.717, 1.165) is 23.5 Å². The summed E-state index contributed by atoms with van der Waals surface area (Å²) in [5.41, 5.74) is 1.10. The van der Waals surface area contributed by atoms with Crippen molar-refractivity contribution in [3.8, 4) is 11.5 Å². The van der Waals surface area contributed by atoms with Crippen LogP contribution >= 0.6 is 0 Å². The van der Waals surface area contributed by atoms with E-state index in [4.69, 9.17) is 9.47 Å². The molecule has 0 unspecified atom stereocenters. The second-order valence-electron chi connectivity index (χ2n) is 4.27. The summed E-state index contributed by atoms with van der Waals surface area (Å²) < 4.78 is 10.9. The zero-order valence-corrected chi connectivity index (χ0v) is 10.2. The van der Waals surface area contributed by atoms with Gasteiger partial charge in [-0.1, -0.05) is 6.07 Å². The number of amides is 1. The summed E-state index contributed by atoms with van der Waals surface area (Å²) >= 11 is 0. The molecule has 0 atom stereocenters. The Labute approximate surface area is 101 Å². The average Bonchev–Trinajstić information content (AvgIpc) is 2.35. The molecule has 1 heterocycles. The molecular weight excluding hydrogens is 218 g/mol. The number of ether oxygens (including phenoxy) is 2. The third-order valence-corrected chi connectivity index (χ3v) is 2.73. The molecule has 92 valence electrons. The Morgan fingerprint density at radius 3 is 2.65 bits per heavy atom.